The van der Waals surface area contributed by atoms with Gasteiger partial charge >= 0.3 is 153 Å². The van der Waals surface area contributed by atoms with Crippen molar-refractivity contribution in [3.05, 3.63) is 59.9 Å². The van der Waals surface area contributed by atoms with Gasteiger partial charge in [0.15, 0.2) is 0 Å². The van der Waals surface area contributed by atoms with Crippen molar-refractivity contribution in [3.8, 4) is 5.69 Å². The van der Waals surface area contributed by atoms with Crippen molar-refractivity contribution in [3.63, 3.8) is 0 Å². The normalized spacial score (nSPS) is 16.9. The Kier molecular flexibility index (Phi) is 8.59. The summed E-state index contributed by atoms with van der Waals surface area (Å²) in [5.41, 5.74) is 4.87. The zero-order valence-corrected chi connectivity index (χ0v) is 20.5. The van der Waals surface area contributed by atoms with Gasteiger partial charge in [0.1, 0.15) is 0 Å². The molecule has 3 rings (SSSR count). The van der Waals surface area contributed by atoms with E-state index in [9.17, 15) is 0 Å². The molecule has 1 aromatic heterocycles. The maximum atomic E-state index is 2.47. The van der Waals surface area contributed by atoms with Crippen molar-refractivity contribution >= 4 is 48.9 Å². The number of nitrogens with zero attached hydrogens (tertiary/aromatic N) is 1. The predicted octanol–water partition coefficient (Wildman–Crippen LogP) is 6.04. The zero-order valence-electron chi connectivity index (χ0n) is 16.2. The van der Waals surface area contributed by atoms with Crippen LogP contribution in [0.15, 0.2) is 48.7 Å². The molecule has 131 valence electrons. The molecule has 1 nitrogen and oxygen atoms in total. The Hall–Kier alpha value is -0.720. The summed E-state index contributed by atoms with van der Waals surface area (Å²) < 4.78 is 6.34. The van der Waals surface area contributed by atoms with E-state index >= 15 is 0 Å². The third kappa shape index (κ3) is 5.38. The molecule has 0 fully saturated rings. The van der Waals surface area contributed by atoms with Crippen molar-refractivity contribution in [2.75, 3.05) is 0 Å². The fourth-order valence-electron chi connectivity index (χ4n) is 3.03. The molecule has 0 N–H and O–H groups in total. The number of aromatic nitrogens is 1. The third-order valence-electron chi connectivity index (χ3n) is 4.23. The van der Waals surface area contributed by atoms with E-state index in [-0.39, 0.29) is 22.9 Å². The molecule has 1 heterocycles. The van der Waals surface area contributed by atoms with Crippen molar-refractivity contribution in [1.82, 2.24) is 4.57 Å². The van der Waals surface area contributed by atoms with Crippen molar-refractivity contribution in [1.29, 1.82) is 0 Å². The summed E-state index contributed by atoms with van der Waals surface area (Å²) in [5.74, 6) is 0.506. The molecular formula is C22H30InNP. The number of fused-ring (bicyclic) bond motifs is 1. The number of para-hydroxylation sites is 1. The molecule has 2 aromatic rings. The summed E-state index contributed by atoms with van der Waals surface area (Å²) in [4.78, 5) is 0. The Morgan fingerprint density at radius 2 is 1.80 bits per heavy atom. The van der Waals surface area contributed by atoms with E-state index in [1.807, 2.05) is 13.8 Å². The second-order valence-electron chi connectivity index (χ2n) is 6.31. The minimum atomic E-state index is -0.274. The van der Waals surface area contributed by atoms with Crippen molar-refractivity contribution < 1.29 is 0 Å². The molecule has 1 aliphatic carbocycles. The molecule has 0 amide bonds. The van der Waals surface area contributed by atoms with Crippen LogP contribution in [0, 0.1) is 5.92 Å². The fraction of sp³-hybridized carbons (Fsp3) is 0.364. The first-order valence-electron chi connectivity index (χ1n) is 9.40. The van der Waals surface area contributed by atoms with Crippen LogP contribution in [-0.2, 0) is 0 Å². The standard InChI is InChI=1S/C19H21NP.C2H6.CH3.In/c1-14(2)21-19-13-20(16-7-5-4-6-8-16)18-12-10-15(3)9-11-17(18)19;1-2;;/h4-15,21H,1H2,2-3H3;1-2H3;1H3;. The van der Waals surface area contributed by atoms with Gasteiger partial charge in [0.2, 0.25) is 0 Å². The average Bonchev–Trinajstić information content (AvgIpc) is 2.85. The molecule has 0 saturated heterocycles. The van der Waals surface area contributed by atoms with Gasteiger partial charge in [0.05, 0.1) is 0 Å². The second-order valence-corrected chi connectivity index (χ2v) is 11.8. The molecule has 0 saturated carbocycles. The summed E-state index contributed by atoms with van der Waals surface area (Å²) in [6, 6.07) is 10.7. The molecule has 1 radical (unpaired) electrons. The van der Waals surface area contributed by atoms with E-state index < -0.39 is 0 Å². The van der Waals surface area contributed by atoms with Crippen LogP contribution in [0.3, 0.4) is 0 Å². The van der Waals surface area contributed by atoms with E-state index in [1.165, 1.54) is 26.4 Å². The van der Waals surface area contributed by atoms with Crippen molar-refractivity contribution in [2.24, 2.45) is 5.92 Å². The molecule has 3 atom stereocenters. The Morgan fingerprint density at radius 1 is 1.12 bits per heavy atom. The van der Waals surface area contributed by atoms with Gasteiger partial charge in [0, 0.05) is 0 Å². The van der Waals surface area contributed by atoms with Gasteiger partial charge in [-0.05, 0) is 0 Å². The molecule has 0 spiro atoms. The summed E-state index contributed by atoms with van der Waals surface area (Å²) in [6.45, 7) is 8.68. The van der Waals surface area contributed by atoms with E-state index in [1.54, 1.807) is 0 Å². The molecule has 1 aliphatic rings. The first-order valence-corrected chi connectivity index (χ1v) is 16.1. The van der Waals surface area contributed by atoms with E-state index in [0.717, 1.165) is 14.2 Å². The van der Waals surface area contributed by atoms with Gasteiger partial charge < -0.3 is 0 Å². The van der Waals surface area contributed by atoms with Crippen LogP contribution < -0.4 is 5.30 Å². The van der Waals surface area contributed by atoms with Crippen LogP contribution in [-0.4, -0.2) is 33.1 Å². The Bertz CT molecular complexity index is 715. The number of benzene rings is 1. The summed E-state index contributed by atoms with van der Waals surface area (Å²) in [7, 11) is 0.920. The van der Waals surface area contributed by atoms with Crippen LogP contribution in [0.5, 0.6) is 0 Å². The third-order valence-corrected chi connectivity index (χ3v) is 10.4. The van der Waals surface area contributed by atoms with Gasteiger partial charge in [-0.2, -0.15) is 0 Å². The molecule has 3 unspecified atom stereocenters. The van der Waals surface area contributed by atoms with Crippen LogP contribution in [0.1, 0.15) is 39.0 Å². The molecule has 25 heavy (non-hydrogen) atoms. The van der Waals surface area contributed by atoms with Gasteiger partial charge in [-0.1, -0.05) is 13.8 Å². The quantitative estimate of drug-likeness (QED) is 0.486. The second kappa shape index (κ2) is 10.4. The SMILES string of the molecule is CC.[CH3][In][CH2]C(C)Pc1cn(-c2ccccc2)c2c1C=CC(C)C=C2. The first kappa shape index (κ1) is 20.6. The van der Waals surface area contributed by atoms with Gasteiger partial charge in [-0.25, -0.2) is 0 Å². The van der Waals surface area contributed by atoms with Gasteiger partial charge in [-0.15, -0.1) is 0 Å². The number of rotatable bonds is 5. The topological polar surface area (TPSA) is 4.93 Å². The Morgan fingerprint density at radius 3 is 2.48 bits per heavy atom. The van der Waals surface area contributed by atoms with Crippen LogP contribution in [0.25, 0.3) is 17.8 Å². The number of hydrogen-bond donors (Lipinski definition) is 0. The predicted molar refractivity (Wildman–Crippen MR) is 118 cm³/mol. The Balaban J connectivity index is 0.00000109. The Labute approximate surface area is 166 Å². The summed E-state index contributed by atoms with van der Waals surface area (Å²) in [5, 5.41) is 1.53. The van der Waals surface area contributed by atoms with Crippen LogP contribution in [0.2, 0.25) is 8.86 Å². The zero-order chi connectivity index (χ0) is 18.2. The van der Waals surface area contributed by atoms with E-state index in [2.05, 4.69) is 83.9 Å². The monoisotopic (exact) mass is 454 g/mol. The molecule has 3 heteroatoms. The maximum absolute atomic E-state index is 2.47. The van der Waals surface area contributed by atoms with Crippen molar-refractivity contribution in [2.45, 2.75) is 42.2 Å². The van der Waals surface area contributed by atoms with Gasteiger partial charge in [0.25, 0.3) is 0 Å². The summed E-state index contributed by atoms with van der Waals surface area (Å²) >= 11 is -0.274. The molecule has 1 aromatic carbocycles. The minimum absolute atomic E-state index is 0.274. The van der Waals surface area contributed by atoms with Gasteiger partial charge in [-0.3, -0.25) is 0 Å². The fourth-order valence-corrected chi connectivity index (χ4v) is 8.86. The first-order chi connectivity index (χ1) is 12.2. The van der Waals surface area contributed by atoms with E-state index in [0.29, 0.717) is 5.92 Å². The van der Waals surface area contributed by atoms with Crippen LogP contribution >= 0.6 is 8.58 Å². The van der Waals surface area contributed by atoms with E-state index in [4.69, 9.17) is 0 Å². The average molecular weight is 454 g/mol. The van der Waals surface area contributed by atoms with Crippen LogP contribution in [0.4, 0.5) is 0 Å². The summed E-state index contributed by atoms with van der Waals surface area (Å²) in [6.07, 6.45) is 11.7. The molecule has 0 bridgehead atoms. The number of hydrogen-bond acceptors (Lipinski definition) is 0. The molecule has 0 aliphatic heterocycles. The molecular weight excluding hydrogens is 424 g/mol. The number of allylic oxidation sites excluding steroid dienone is 2.